The predicted molar refractivity (Wildman–Crippen MR) is 74.8 cm³/mol. The summed E-state index contributed by atoms with van der Waals surface area (Å²) in [5.74, 6) is -0.0596. The molecule has 0 saturated carbocycles. The predicted octanol–water partition coefficient (Wildman–Crippen LogP) is 1.03. The Hall–Kier alpha value is -2.04. The molecule has 2 N–H and O–H groups in total. The minimum atomic E-state index is -0.0551. The van der Waals surface area contributed by atoms with E-state index in [0.29, 0.717) is 25.1 Å². The fourth-order valence-electron chi connectivity index (χ4n) is 2.19. The van der Waals surface area contributed by atoms with Crippen molar-refractivity contribution in [2.24, 2.45) is 0 Å². The number of hydrogen-bond donors (Lipinski definition) is 1. The topological polar surface area (TPSA) is 66.6 Å². The fourth-order valence-corrected chi connectivity index (χ4v) is 2.19. The van der Waals surface area contributed by atoms with E-state index >= 15 is 0 Å². The number of carbonyl (C=O) groups is 2. The van der Waals surface area contributed by atoms with Gasteiger partial charge < -0.3 is 15.5 Å². The van der Waals surface area contributed by atoms with E-state index < -0.39 is 0 Å². The number of nitrogens with zero attached hydrogens (tertiary/aromatic N) is 2. The van der Waals surface area contributed by atoms with E-state index in [1.165, 1.54) is 0 Å². The van der Waals surface area contributed by atoms with Gasteiger partial charge in [0.15, 0.2) is 0 Å². The first-order valence-corrected chi connectivity index (χ1v) is 6.45. The van der Waals surface area contributed by atoms with Crippen molar-refractivity contribution in [3.63, 3.8) is 0 Å². The van der Waals surface area contributed by atoms with Crippen molar-refractivity contribution in [1.82, 2.24) is 4.90 Å². The maximum atomic E-state index is 12.0. The molecule has 19 heavy (non-hydrogen) atoms. The lowest BCUT2D eigenvalue weighted by Gasteiger charge is -2.30. The Morgan fingerprint density at radius 3 is 2.84 bits per heavy atom. The molecule has 5 heteroatoms. The van der Waals surface area contributed by atoms with E-state index in [1.54, 1.807) is 22.9 Å². The molecule has 0 fully saturated rings. The number of nitrogens with two attached hydrogens (primary N) is 1. The van der Waals surface area contributed by atoms with Crippen LogP contribution in [-0.4, -0.2) is 36.9 Å². The monoisotopic (exact) mass is 261 g/mol. The number of hydrogen-bond acceptors (Lipinski definition) is 3. The highest BCUT2D eigenvalue weighted by Gasteiger charge is 2.26. The molecule has 1 heterocycles. The molecule has 0 spiro atoms. The second kappa shape index (κ2) is 5.30. The van der Waals surface area contributed by atoms with Gasteiger partial charge in [0.25, 0.3) is 0 Å². The summed E-state index contributed by atoms with van der Waals surface area (Å²) in [6, 6.07) is 5.46. The summed E-state index contributed by atoms with van der Waals surface area (Å²) < 4.78 is 0. The first-order chi connectivity index (χ1) is 9.02. The SMILES string of the molecule is CCN(C)C(=O)CN1C(=O)CCc2cc(N)ccc21. The fraction of sp³-hybridized carbons (Fsp3) is 0.429. The van der Waals surface area contributed by atoms with Crippen molar-refractivity contribution in [3.05, 3.63) is 23.8 Å². The number of likely N-dealkylation sites (N-methyl/N-ethyl adjacent to an activating group) is 1. The molecule has 0 atom stereocenters. The highest BCUT2D eigenvalue weighted by molar-refractivity contribution is 6.01. The maximum Gasteiger partial charge on any atom is 0.242 e. The Bertz CT molecular complexity index is 513. The molecule has 0 radical (unpaired) electrons. The van der Waals surface area contributed by atoms with Gasteiger partial charge in [0, 0.05) is 31.4 Å². The third-order valence-corrected chi connectivity index (χ3v) is 3.50. The van der Waals surface area contributed by atoms with Gasteiger partial charge in [-0.25, -0.2) is 0 Å². The molecule has 1 aliphatic heterocycles. The van der Waals surface area contributed by atoms with Crippen molar-refractivity contribution >= 4 is 23.2 Å². The highest BCUT2D eigenvalue weighted by Crippen LogP contribution is 2.29. The molecule has 1 aromatic rings. The second-order valence-electron chi connectivity index (χ2n) is 4.78. The first-order valence-electron chi connectivity index (χ1n) is 6.45. The quantitative estimate of drug-likeness (QED) is 0.826. The molecule has 0 bridgehead atoms. The van der Waals surface area contributed by atoms with Crippen LogP contribution in [-0.2, 0) is 16.0 Å². The average Bonchev–Trinajstić information content (AvgIpc) is 2.40. The summed E-state index contributed by atoms with van der Waals surface area (Å²) in [7, 11) is 1.74. The molecule has 102 valence electrons. The first kappa shape index (κ1) is 13.4. The number of fused-ring (bicyclic) bond motifs is 1. The second-order valence-corrected chi connectivity index (χ2v) is 4.78. The van der Waals surface area contributed by atoms with Crippen LogP contribution in [0.25, 0.3) is 0 Å². The zero-order chi connectivity index (χ0) is 14.0. The summed E-state index contributed by atoms with van der Waals surface area (Å²) in [5.41, 5.74) is 8.28. The third kappa shape index (κ3) is 2.70. The van der Waals surface area contributed by atoms with Gasteiger partial charge in [0.2, 0.25) is 11.8 Å². The van der Waals surface area contributed by atoms with Crippen LogP contribution in [0.3, 0.4) is 0 Å². The van der Waals surface area contributed by atoms with E-state index in [1.807, 2.05) is 19.1 Å². The molecule has 2 rings (SSSR count). The van der Waals surface area contributed by atoms with Gasteiger partial charge in [-0.3, -0.25) is 9.59 Å². The van der Waals surface area contributed by atoms with Gasteiger partial charge >= 0.3 is 0 Å². The molecule has 1 aromatic carbocycles. The molecule has 0 aliphatic carbocycles. The van der Waals surface area contributed by atoms with E-state index in [4.69, 9.17) is 5.73 Å². The van der Waals surface area contributed by atoms with Gasteiger partial charge in [0.1, 0.15) is 6.54 Å². The van der Waals surface area contributed by atoms with Crippen molar-refractivity contribution in [2.75, 3.05) is 30.8 Å². The normalized spacial score (nSPS) is 14.2. The van der Waals surface area contributed by atoms with Crippen LogP contribution >= 0.6 is 0 Å². The molecule has 5 nitrogen and oxygen atoms in total. The van der Waals surface area contributed by atoms with Crippen LogP contribution in [0.15, 0.2) is 18.2 Å². The van der Waals surface area contributed by atoms with Gasteiger partial charge in [0.05, 0.1) is 0 Å². The lowest BCUT2D eigenvalue weighted by molar-refractivity contribution is -0.130. The van der Waals surface area contributed by atoms with Crippen LogP contribution in [0.5, 0.6) is 0 Å². The zero-order valence-corrected chi connectivity index (χ0v) is 11.3. The largest absolute Gasteiger partial charge is 0.399 e. The minimum Gasteiger partial charge on any atom is -0.399 e. The highest BCUT2D eigenvalue weighted by atomic mass is 16.2. The Labute approximate surface area is 113 Å². The summed E-state index contributed by atoms with van der Waals surface area (Å²) >= 11 is 0. The van der Waals surface area contributed by atoms with Crippen molar-refractivity contribution in [3.8, 4) is 0 Å². The number of amides is 2. The van der Waals surface area contributed by atoms with Gasteiger partial charge in [-0.15, -0.1) is 0 Å². The van der Waals surface area contributed by atoms with E-state index in [0.717, 1.165) is 11.3 Å². The van der Waals surface area contributed by atoms with Crippen molar-refractivity contribution in [2.45, 2.75) is 19.8 Å². The van der Waals surface area contributed by atoms with Crippen LogP contribution in [0.1, 0.15) is 18.9 Å². The van der Waals surface area contributed by atoms with Gasteiger partial charge in [-0.2, -0.15) is 0 Å². The minimum absolute atomic E-state index is 0.00451. The molecule has 0 unspecified atom stereocenters. The molecule has 0 aromatic heterocycles. The smallest absolute Gasteiger partial charge is 0.242 e. The average molecular weight is 261 g/mol. The number of anilines is 2. The van der Waals surface area contributed by atoms with E-state index in [9.17, 15) is 9.59 Å². The number of rotatable bonds is 3. The van der Waals surface area contributed by atoms with Crippen LogP contribution < -0.4 is 10.6 Å². The van der Waals surface area contributed by atoms with Crippen molar-refractivity contribution < 1.29 is 9.59 Å². The number of carbonyl (C=O) groups excluding carboxylic acids is 2. The zero-order valence-electron chi connectivity index (χ0n) is 11.3. The molecule has 2 amide bonds. The van der Waals surface area contributed by atoms with Gasteiger partial charge in [-0.05, 0) is 37.1 Å². The summed E-state index contributed by atoms with van der Waals surface area (Å²) in [6.07, 6.45) is 1.12. The molecule has 0 saturated heterocycles. The Balaban J connectivity index is 2.26. The van der Waals surface area contributed by atoms with Gasteiger partial charge in [-0.1, -0.05) is 0 Å². The van der Waals surface area contributed by atoms with Crippen LogP contribution in [0.4, 0.5) is 11.4 Å². The standard InChI is InChI=1S/C14H19N3O2/c1-3-16(2)14(19)9-17-12-6-5-11(15)8-10(12)4-7-13(17)18/h5-6,8H,3-4,7,9,15H2,1-2H3. The lowest BCUT2D eigenvalue weighted by Crippen LogP contribution is -2.43. The van der Waals surface area contributed by atoms with Crippen molar-refractivity contribution in [1.29, 1.82) is 0 Å². The molecular formula is C14H19N3O2. The number of benzene rings is 1. The Kier molecular flexibility index (Phi) is 3.74. The molecule has 1 aliphatic rings. The maximum absolute atomic E-state index is 12.0. The Morgan fingerprint density at radius 2 is 2.16 bits per heavy atom. The summed E-state index contributed by atoms with van der Waals surface area (Å²) in [4.78, 5) is 27.2. The number of nitrogen functional groups attached to an aromatic ring is 1. The van der Waals surface area contributed by atoms with E-state index in [2.05, 4.69) is 0 Å². The Morgan fingerprint density at radius 1 is 1.42 bits per heavy atom. The third-order valence-electron chi connectivity index (χ3n) is 3.50. The van der Waals surface area contributed by atoms with Crippen LogP contribution in [0.2, 0.25) is 0 Å². The lowest BCUT2D eigenvalue weighted by atomic mass is 10.0. The summed E-state index contributed by atoms with van der Waals surface area (Å²) in [6.45, 7) is 2.64. The van der Waals surface area contributed by atoms with Crippen LogP contribution in [0, 0.1) is 0 Å². The molecular weight excluding hydrogens is 242 g/mol. The van der Waals surface area contributed by atoms with E-state index in [-0.39, 0.29) is 18.4 Å². The number of aryl methyl sites for hydroxylation is 1. The summed E-state index contributed by atoms with van der Waals surface area (Å²) in [5, 5.41) is 0.